The second kappa shape index (κ2) is 8.21. The summed E-state index contributed by atoms with van der Waals surface area (Å²) < 4.78 is 0. The second-order valence-electron chi connectivity index (χ2n) is 7.29. The number of fused-ring (bicyclic) bond motifs is 1. The van der Waals surface area contributed by atoms with Gasteiger partial charge in [-0.15, -0.1) is 0 Å². The van der Waals surface area contributed by atoms with Gasteiger partial charge in [0.2, 0.25) is 0 Å². The van der Waals surface area contributed by atoms with Crippen LogP contribution in [0.5, 0.6) is 0 Å². The van der Waals surface area contributed by atoms with Gasteiger partial charge in [-0.25, -0.2) is 5.43 Å². The van der Waals surface area contributed by atoms with E-state index in [4.69, 9.17) is 0 Å². The number of hydrazine groups is 1. The molecule has 150 valence electrons. The lowest BCUT2D eigenvalue weighted by Crippen LogP contribution is -2.43. The van der Waals surface area contributed by atoms with E-state index >= 15 is 0 Å². The van der Waals surface area contributed by atoms with Gasteiger partial charge in [-0.2, -0.15) is 5.10 Å². The van der Waals surface area contributed by atoms with E-state index in [0.29, 0.717) is 23.5 Å². The smallest absolute Gasteiger partial charge is 0.267 e. The molecule has 0 radical (unpaired) electrons. The van der Waals surface area contributed by atoms with E-state index in [1.807, 2.05) is 62.4 Å². The van der Waals surface area contributed by atoms with Crippen LogP contribution in [0.1, 0.15) is 43.0 Å². The summed E-state index contributed by atoms with van der Waals surface area (Å²) in [6.45, 7) is 4.40. The van der Waals surface area contributed by atoms with Gasteiger partial charge in [-0.3, -0.25) is 20.0 Å². The molecule has 2 N–H and O–H groups in total. The molecule has 0 unspecified atom stereocenters. The molecule has 0 spiro atoms. The first-order chi connectivity index (χ1) is 14.5. The third-order valence-electron chi connectivity index (χ3n) is 4.97. The third kappa shape index (κ3) is 4.07. The van der Waals surface area contributed by atoms with Gasteiger partial charge in [-0.05, 0) is 43.7 Å². The van der Waals surface area contributed by atoms with Crippen molar-refractivity contribution in [2.75, 3.05) is 0 Å². The van der Waals surface area contributed by atoms with Gasteiger partial charge < -0.3 is 0 Å². The van der Waals surface area contributed by atoms with Crippen molar-refractivity contribution in [2.45, 2.75) is 20.4 Å². The van der Waals surface area contributed by atoms with Gasteiger partial charge in [-0.1, -0.05) is 59.7 Å². The summed E-state index contributed by atoms with van der Waals surface area (Å²) in [6, 6.07) is 22.3. The maximum absolute atomic E-state index is 12.7. The topological polar surface area (TPSA) is 73.8 Å². The molecule has 6 nitrogen and oxygen atoms in total. The Morgan fingerprint density at radius 3 is 2.00 bits per heavy atom. The van der Waals surface area contributed by atoms with Crippen molar-refractivity contribution in [3.63, 3.8) is 0 Å². The van der Waals surface area contributed by atoms with Crippen LogP contribution in [0.25, 0.3) is 0 Å². The Morgan fingerprint density at radius 2 is 1.37 bits per heavy atom. The molecule has 0 saturated carbocycles. The zero-order valence-corrected chi connectivity index (χ0v) is 16.8. The number of nitrogens with one attached hydrogen (secondary N) is 2. The Hall–Kier alpha value is -3.93. The quantitative estimate of drug-likeness (QED) is 0.660. The van der Waals surface area contributed by atoms with Crippen LogP contribution in [0.15, 0.2) is 77.9 Å². The molecular weight excluding hydrogens is 376 g/mol. The van der Waals surface area contributed by atoms with Crippen molar-refractivity contribution in [3.8, 4) is 0 Å². The summed E-state index contributed by atoms with van der Waals surface area (Å²) in [6.07, 6.45) is 0. The fourth-order valence-corrected chi connectivity index (χ4v) is 3.25. The van der Waals surface area contributed by atoms with Crippen LogP contribution >= 0.6 is 0 Å². The monoisotopic (exact) mass is 398 g/mol. The van der Waals surface area contributed by atoms with Crippen LogP contribution in [-0.2, 0) is 6.54 Å². The molecular formula is C24H22N4O2. The lowest BCUT2D eigenvalue weighted by atomic mass is 10.1. The lowest BCUT2D eigenvalue weighted by Gasteiger charge is -2.20. The maximum Gasteiger partial charge on any atom is 0.271 e. The summed E-state index contributed by atoms with van der Waals surface area (Å²) >= 11 is 0. The molecule has 0 atom stereocenters. The van der Waals surface area contributed by atoms with Crippen molar-refractivity contribution in [2.24, 2.45) is 5.10 Å². The summed E-state index contributed by atoms with van der Waals surface area (Å²) in [5, 5.41) is 5.99. The number of amidine groups is 1. The van der Waals surface area contributed by atoms with Gasteiger partial charge in [0.25, 0.3) is 11.8 Å². The molecule has 0 saturated heterocycles. The number of amides is 2. The van der Waals surface area contributed by atoms with Crippen LogP contribution in [0.4, 0.5) is 0 Å². The molecule has 3 aromatic rings. The van der Waals surface area contributed by atoms with Crippen molar-refractivity contribution >= 4 is 17.6 Å². The van der Waals surface area contributed by atoms with E-state index in [0.717, 1.165) is 22.3 Å². The largest absolute Gasteiger partial charge is 0.271 e. The van der Waals surface area contributed by atoms with E-state index in [-0.39, 0.29) is 11.8 Å². The fraction of sp³-hybridized carbons (Fsp3) is 0.125. The Bertz CT molecular complexity index is 1120. The minimum absolute atomic E-state index is 0.236. The highest BCUT2D eigenvalue weighted by Crippen LogP contribution is 2.22. The first kappa shape index (κ1) is 19.4. The van der Waals surface area contributed by atoms with Crippen LogP contribution in [0.2, 0.25) is 0 Å². The first-order valence-corrected chi connectivity index (χ1v) is 9.69. The first-order valence-electron chi connectivity index (χ1n) is 9.69. The molecule has 2 amide bonds. The second-order valence-corrected chi connectivity index (χ2v) is 7.29. The van der Waals surface area contributed by atoms with Crippen LogP contribution in [0.3, 0.4) is 0 Å². The molecule has 1 aliphatic heterocycles. The van der Waals surface area contributed by atoms with Crippen molar-refractivity contribution in [1.29, 1.82) is 0 Å². The van der Waals surface area contributed by atoms with E-state index in [9.17, 15) is 9.59 Å². The van der Waals surface area contributed by atoms with Gasteiger partial charge in [0, 0.05) is 16.7 Å². The zero-order valence-electron chi connectivity index (χ0n) is 16.8. The van der Waals surface area contributed by atoms with Crippen molar-refractivity contribution < 1.29 is 9.59 Å². The Labute approximate surface area is 175 Å². The third-order valence-corrected chi connectivity index (χ3v) is 4.97. The number of benzene rings is 3. The number of carbonyl (C=O) groups is 2. The zero-order chi connectivity index (χ0) is 21.1. The highest BCUT2D eigenvalue weighted by Gasteiger charge is 2.27. The Balaban J connectivity index is 1.56. The lowest BCUT2D eigenvalue weighted by molar-refractivity contribution is 0.0869. The van der Waals surface area contributed by atoms with Gasteiger partial charge in [0.1, 0.15) is 0 Å². The highest BCUT2D eigenvalue weighted by molar-refractivity contribution is 6.05. The summed E-state index contributed by atoms with van der Waals surface area (Å²) in [5.41, 5.74) is 10.6. The van der Waals surface area contributed by atoms with Crippen molar-refractivity contribution in [1.82, 2.24) is 15.9 Å². The standard InChI is InChI=1S/C24H22N4O2/c1-16-7-11-18(12-8-16)23(29)26-25-22-21-6-4-3-5-20(21)15-28(22)27-24(30)19-13-9-17(2)10-14-19/h3-14H,15H2,1-2H3,(H,26,29)(H,27,30)/b25-22-. The molecule has 1 heterocycles. The Kier molecular flexibility index (Phi) is 5.30. The molecule has 3 aromatic carbocycles. The number of carbonyl (C=O) groups excluding carboxylic acids is 2. The maximum atomic E-state index is 12.7. The normalized spacial score (nSPS) is 13.8. The molecule has 30 heavy (non-hydrogen) atoms. The molecule has 0 fully saturated rings. The molecule has 0 bridgehead atoms. The predicted molar refractivity (Wildman–Crippen MR) is 116 cm³/mol. The molecule has 6 heteroatoms. The SMILES string of the molecule is Cc1ccc(C(=O)N/N=C2/c3ccccc3CN2NC(=O)c2ccc(C)cc2)cc1. The number of hydrogen-bond donors (Lipinski definition) is 2. The number of rotatable bonds is 4. The number of nitrogens with zero attached hydrogens (tertiary/aromatic N) is 2. The van der Waals surface area contributed by atoms with Crippen LogP contribution in [-0.4, -0.2) is 22.7 Å². The average Bonchev–Trinajstić information content (AvgIpc) is 3.10. The van der Waals surface area contributed by atoms with Gasteiger partial charge in [0.05, 0.1) is 6.54 Å². The summed E-state index contributed by atoms with van der Waals surface area (Å²) in [7, 11) is 0. The van der Waals surface area contributed by atoms with E-state index in [2.05, 4.69) is 16.0 Å². The minimum atomic E-state index is -0.309. The predicted octanol–water partition coefficient (Wildman–Crippen LogP) is 3.56. The van der Waals surface area contributed by atoms with E-state index in [1.165, 1.54) is 0 Å². The highest BCUT2D eigenvalue weighted by atomic mass is 16.2. The van der Waals surface area contributed by atoms with Crippen molar-refractivity contribution in [3.05, 3.63) is 106 Å². The summed E-state index contributed by atoms with van der Waals surface area (Å²) in [5.74, 6) is -0.0522. The summed E-state index contributed by atoms with van der Waals surface area (Å²) in [4.78, 5) is 25.2. The van der Waals surface area contributed by atoms with Gasteiger partial charge in [0.15, 0.2) is 5.84 Å². The fourth-order valence-electron chi connectivity index (χ4n) is 3.25. The number of aryl methyl sites for hydroxylation is 2. The van der Waals surface area contributed by atoms with Crippen LogP contribution < -0.4 is 10.9 Å². The number of hydrogen-bond acceptors (Lipinski definition) is 3. The molecule has 4 rings (SSSR count). The molecule has 1 aliphatic rings. The van der Waals surface area contributed by atoms with Gasteiger partial charge >= 0.3 is 0 Å². The van der Waals surface area contributed by atoms with E-state index < -0.39 is 0 Å². The average molecular weight is 398 g/mol. The minimum Gasteiger partial charge on any atom is -0.267 e. The van der Waals surface area contributed by atoms with Crippen LogP contribution in [0, 0.1) is 13.8 Å². The molecule has 0 aromatic heterocycles. The Morgan fingerprint density at radius 1 is 0.800 bits per heavy atom. The molecule has 0 aliphatic carbocycles. The van der Waals surface area contributed by atoms with E-state index in [1.54, 1.807) is 29.3 Å². The number of hydrazone groups is 1.